The van der Waals surface area contributed by atoms with Crippen LogP contribution in [-0.4, -0.2) is 27.3 Å². The zero-order chi connectivity index (χ0) is 21.1. The zero-order valence-electron chi connectivity index (χ0n) is 16.3. The van der Waals surface area contributed by atoms with E-state index in [0.717, 1.165) is 22.4 Å². The number of fused-ring (bicyclic) bond motifs is 1. The smallest absolute Gasteiger partial charge is 0.266 e. The van der Waals surface area contributed by atoms with Crippen molar-refractivity contribution in [2.24, 2.45) is 5.92 Å². The summed E-state index contributed by atoms with van der Waals surface area (Å²) < 4.78 is 28.9. The van der Waals surface area contributed by atoms with Crippen LogP contribution in [0.15, 0.2) is 52.4 Å². The second kappa shape index (κ2) is 8.73. The molecular weight excluding hydrogens is 396 g/mol. The molecule has 3 rings (SSSR count). The fourth-order valence-electron chi connectivity index (χ4n) is 2.68. The van der Waals surface area contributed by atoms with E-state index in [1.54, 1.807) is 24.3 Å². The van der Waals surface area contributed by atoms with Gasteiger partial charge in [-0.05, 0) is 37.1 Å². The van der Waals surface area contributed by atoms with Crippen molar-refractivity contribution in [2.75, 3.05) is 5.75 Å². The van der Waals surface area contributed by atoms with Crippen molar-refractivity contribution in [3.8, 4) is 5.69 Å². The van der Waals surface area contributed by atoms with E-state index >= 15 is 0 Å². The minimum atomic E-state index is -0.885. The number of nitrogens with one attached hydrogen (secondary N) is 1. The van der Waals surface area contributed by atoms with Crippen LogP contribution in [0.25, 0.3) is 16.6 Å². The van der Waals surface area contributed by atoms with Gasteiger partial charge in [-0.3, -0.25) is 14.2 Å². The van der Waals surface area contributed by atoms with Crippen molar-refractivity contribution in [3.63, 3.8) is 0 Å². The third-order valence-corrected chi connectivity index (χ3v) is 5.56. The summed E-state index contributed by atoms with van der Waals surface area (Å²) in [5.74, 6) is -1.57. The van der Waals surface area contributed by atoms with Crippen LogP contribution in [0.1, 0.15) is 20.8 Å². The number of hydrogen-bond donors (Lipinski definition) is 1. The van der Waals surface area contributed by atoms with E-state index in [-0.39, 0.29) is 34.5 Å². The highest BCUT2D eigenvalue weighted by Crippen LogP contribution is 2.23. The van der Waals surface area contributed by atoms with Crippen LogP contribution in [-0.2, 0) is 4.79 Å². The summed E-state index contributed by atoms with van der Waals surface area (Å²) in [5.41, 5.74) is -0.164. The summed E-state index contributed by atoms with van der Waals surface area (Å²) in [6.07, 6.45) is 0. The second-order valence-corrected chi connectivity index (χ2v) is 7.98. The van der Waals surface area contributed by atoms with Gasteiger partial charge in [-0.25, -0.2) is 13.8 Å². The van der Waals surface area contributed by atoms with E-state index in [1.165, 1.54) is 6.07 Å². The van der Waals surface area contributed by atoms with E-state index in [1.807, 2.05) is 20.8 Å². The largest absolute Gasteiger partial charge is 0.353 e. The van der Waals surface area contributed by atoms with Crippen LogP contribution in [0.3, 0.4) is 0 Å². The average Bonchev–Trinajstić information content (AvgIpc) is 2.67. The minimum Gasteiger partial charge on any atom is -0.353 e. The van der Waals surface area contributed by atoms with Gasteiger partial charge < -0.3 is 5.32 Å². The van der Waals surface area contributed by atoms with E-state index in [2.05, 4.69) is 10.3 Å². The molecule has 0 spiro atoms. The predicted octanol–water partition coefficient (Wildman–Crippen LogP) is 3.92. The lowest BCUT2D eigenvalue weighted by molar-refractivity contribution is -0.119. The number of aromatic nitrogens is 2. The summed E-state index contributed by atoms with van der Waals surface area (Å²) in [4.78, 5) is 29.8. The molecule has 1 atom stereocenters. The maximum atomic E-state index is 14.4. The van der Waals surface area contributed by atoms with E-state index in [4.69, 9.17) is 0 Å². The highest BCUT2D eigenvalue weighted by molar-refractivity contribution is 7.99. The van der Waals surface area contributed by atoms with Crippen LogP contribution >= 0.6 is 11.8 Å². The first-order valence-electron chi connectivity index (χ1n) is 9.17. The normalized spacial score (nSPS) is 12.3. The molecular formula is C21H21F2N3O2S. The van der Waals surface area contributed by atoms with Crippen LogP contribution in [0.5, 0.6) is 0 Å². The molecule has 0 aliphatic rings. The van der Waals surface area contributed by atoms with Gasteiger partial charge in [0.25, 0.3) is 5.56 Å². The molecule has 0 fully saturated rings. The highest BCUT2D eigenvalue weighted by Gasteiger charge is 2.18. The Labute approximate surface area is 171 Å². The van der Waals surface area contributed by atoms with Gasteiger partial charge in [0.15, 0.2) is 5.16 Å². The Balaban J connectivity index is 2.03. The molecule has 0 aliphatic heterocycles. The Morgan fingerprint density at radius 2 is 1.90 bits per heavy atom. The number of hydrogen-bond acceptors (Lipinski definition) is 4. The Kier molecular flexibility index (Phi) is 6.32. The van der Waals surface area contributed by atoms with Gasteiger partial charge in [-0.15, -0.1) is 0 Å². The molecule has 1 amide bonds. The fourth-order valence-corrected chi connectivity index (χ4v) is 3.49. The summed E-state index contributed by atoms with van der Waals surface area (Å²) in [6.45, 7) is 5.90. The molecule has 0 saturated carbocycles. The quantitative estimate of drug-likeness (QED) is 0.488. The number of rotatable bonds is 6. The van der Waals surface area contributed by atoms with Crippen molar-refractivity contribution in [3.05, 3.63) is 64.5 Å². The van der Waals surface area contributed by atoms with Gasteiger partial charge in [0.1, 0.15) is 11.6 Å². The molecule has 0 radical (unpaired) electrons. The second-order valence-electron chi connectivity index (χ2n) is 7.04. The summed E-state index contributed by atoms with van der Waals surface area (Å²) in [7, 11) is 0. The number of halogens is 2. The molecule has 3 aromatic rings. The molecule has 0 bridgehead atoms. The molecule has 29 heavy (non-hydrogen) atoms. The Morgan fingerprint density at radius 1 is 1.17 bits per heavy atom. The average molecular weight is 417 g/mol. The van der Waals surface area contributed by atoms with E-state index < -0.39 is 17.2 Å². The van der Waals surface area contributed by atoms with Crippen molar-refractivity contribution in [1.82, 2.24) is 14.9 Å². The topological polar surface area (TPSA) is 64.0 Å². The molecule has 5 nitrogen and oxygen atoms in total. The first-order chi connectivity index (χ1) is 13.8. The number of amides is 1. The first-order valence-corrected chi connectivity index (χ1v) is 10.2. The lowest BCUT2D eigenvalue weighted by Gasteiger charge is -2.18. The monoisotopic (exact) mass is 417 g/mol. The SMILES string of the molecule is CC(C)C(C)NC(=O)CSc1nc2ccccc2c(=O)n1-c1ccc(F)cc1F. The molecule has 2 aromatic carbocycles. The summed E-state index contributed by atoms with van der Waals surface area (Å²) >= 11 is 1.02. The van der Waals surface area contributed by atoms with E-state index in [9.17, 15) is 18.4 Å². The molecule has 0 saturated heterocycles. The Hall–Kier alpha value is -2.74. The molecule has 1 heterocycles. The van der Waals surface area contributed by atoms with Crippen LogP contribution in [0.4, 0.5) is 8.78 Å². The van der Waals surface area contributed by atoms with Crippen molar-refractivity contribution >= 4 is 28.6 Å². The Bertz CT molecular complexity index is 1110. The fraction of sp³-hybridized carbons (Fsp3) is 0.286. The zero-order valence-corrected chi connectivity index (χ0v) is 17.1. The molecule has 8 heteroatoms. The number of benzene rings is 2. The van der Waals surface area contributed by atoms with Gasteiger partial charge in [-0.1, -0.05) is 37.7 Å². The maximum absolute atomic E-state index is 14.4. The van der Waals surface area contributed by atoms with Crippen LogP contribution in [0.2, 0.25) is 0 Å². The van der Waals surface area contributed by atoms with Gasteiger partial charge in [0.2, 0.25) is 5.91 Å². The predicted molar refractivity (Wildman–Crippen MR) is 110 cm³/mol. The standard InChI is InChI=1S/C21H21F2N3O2S/c1-12(2)13(3)24-19(27)11-29-21-25-17-7-5-4-6-15(17)20(28)26(21)18-9-8-14(22)10-16(18)23/h4-10,12-13H,11H2,1-3H3,(H,24,27). The van der Waals surface area contributed by atoms with Crippen molar-refractivity contribution in [1.29, 1.82) is 0 Å². The molecule has 0 aliphatic carbocycles. The van der Waals surface area contributed by atoms with E-state index in [0.29, 0.717) is 17.0 Å². The first kappa shape index (κ1) is 21.0. The third kappa shape index (κ3) is 4.64. The minimum absolute atomic E-state index is 0.00462. The van der Waals surface area contributed by atoms with Crippen LogP contribution in [0, 0.1) is 17.6 Å². The number of carbonyl (C=O) groups is 1. The van der Waals surface area contributed by atoms with Crippen molar-refractivity contribution < 1.29 is 13.6 Å². The lowest BCUT2D eigenvalue weighted by atomic mass is 10.1. The number of para-hydroxylation sites is 1. The molecule has 1 aromatic heterocycles. The number of nitrogens with zero attached hydrogens (tertiary/aromatic N) is 2. The molecule has 1 N–H and O–H groups in total. The van der Waals surface area contributed by atoms with Crippen molar-refractivity contribution in [2.45, 2.75) is 32.0 Å². The molecule has 152 valence electrons. The van der Waals surface area contributed by atoms with Gasteiger partial charge in [0, 0.05) is 12.1 Å². The summed E-state index contributed by atoms with van der Waals surface area (Å²) in [6, 6.07) is 9.65. The maximum Gasteiger partial charge on any atom is 0.266 e. The highest BCUT2D eigenvalue weighted by atomic mass is 32.2. The third-order valence-electron chi connectivity index (χ3n) is 4.62. The van der Waals surface area contributed by atoms with Crippen LogP contribution < -0.4 is 10.9 Å². The van der Waals surface area contributed by atoms with Gasteiger partial charge in [0.05, 0.1) is 22.3 Å². The number of thioether (sulfide) groups is 1. The lowest BCUT2D eigenvalue weighted by Crippen LogP contribution is -2.37. The van der Waals surface area contributed by atoms with Gasteiger partial charge in [-0.2, -0.15) is 0 Å². The summed E-state index contributed by atoms with van der Waals surface area (Å²) in [5, 5.41) is 3.34. The Morgan fingerprint density at radius 3 is 2.59 bits per heavy atom. The number of carbonyl (C=O) groups excluding carboxylic acids is 1. The van der Waals surface area contributed by atoms with Gasteiger partial charge >= 0.3 is 0 Å². The molecule has 1 unspecified atom stereocenters.